The number of carbonyl (C=O) groups excluding carboxylic acids is 1. The fraction of sp³-hybridized carbons (Fsp3) is 0.190. The number of carbonyl (C=O) groups is 1. The number of aromatic nitrogens is 1. The summed E-state index contributed by atoms with van der Waals surface area (Å²) in [5.74, 6) is -0.441. The van der Waals surface area contributed by atoms with E-state index >= 15 is 0 Å². The molecule has 0 radical (unpaired) electrons. The molecule has 0 spiro atoms. The fourth-order valence-electron chi connectivity index (χ4n) is 3.19. The van der Waals surface area contributed by atoms with Crippen molar-refractivity contribution in [3.05, 3.63) is 83.7 Å². The molecule has 4 rings (SSSR count). The first-order chi connectivity index (χ1) is 14.1. The van der Waals surface area contributed by atoms with Gasteiger partial charge in [0.15, 0.2) is 4.80 Å². The third-order valence-electron chi connectivity index (χ3n) is 4.47. The minimum atomic E-state index is -0.538. The summed E-state index contributed by atoms with van der Waals surface area (Å²) in [5, 5.41) is 5.08. The van der Waals surface area contributed by atoms with Crippen LogP contribution in [-0.2, 0) is 9.53 Å². The van der Waals surface area contributed by atoms with Crippen LogP contribution in [-0.4, -0.2) is 17.1 Å². The summed E-state index contributed by atoms with van der Waals surface area (Å²) in [4.78, 5) is 31.9. The third-order valence-corrected chi connectivity index (χ3v) is 6.38. The van der Waals surface area contributed by atoms with Gasteiger partial charge in [0, 0.05) is 16.8 Å². The van der Waals surface area contributed by atoms with E-state index in [0.29, 0.717) is 20.6 Å². The molecular weight excluding hydrogens is 406 g/mol. The van der Waals surface area contributed by atoms with Crippen LogP contribution in [0, 0.1) is 0 Å². The van der Waals surface area contributed by atoms with Crippen molar-refractivity contribution in [2.45, 2.75) is 19.9 Å². The Balaban J connectivity index is 1.85. The largest absolute Gasteiger partial charge is 0.463 e. The summed E-state index contributed by atoms with van der Waals surface area (Å²) in [7, 11) is 0. The van der Waals surface area contributed by atoms with E-state index in [4.69, 9.17) is 4.74 Å². The molecule has 2 aromatic heterocycles. The molecule has 0 fully saturated rings. The number of para-hydroxylation sites is 1. The molecule has 1 aromatic carbocycles. The highest BCUT2D eigenvalue weighted by Gasteiger charge is 2.33. The number of esters is 1. The van der Waals surface area contributed by atoms with Crippen molar-refractivity contribution in [2.75, 3.05) is 11.9 Å². The molecule has 8 heteroatoms. The van der Waals surface area contributed by atoms with Gasteiger partial charge in [0.25, 0.3) is 5.56 Å². The number of ether oxygens (including phenoxy) is 1. The topological polar surface area (TPSA) is 72.7 Å². The molecule has 1 N–H and O–H groups in total. The van der Waals surface area contributed by atoms with Crippen LogP contribution in [0.15, 0.2) is 68.9 Å². The molecule has 1 aliphatic rings. The van der Waals surface area contributed by atoms with E-state index in [2.05, 4.69) is 10.3 Å². The highest BCUT2D eigenvalue weighted by Crippen LogP contribution is 2.33. The number of nitrogens with zero attached hydrogens (tertiary/aromatic N) is 2. The predicted molar refractivity (Wildman–Crippen MR) is 116 cm³/mol. The lowest BCUT2D eigenvalue weighted by Gasteiger charge is -2.23. The first-order valence-electron chi connectivity index (χ1n) is 9.13. The number of fused-ring (bicyclic) bond motifs is 1. The maximum absolute atomic E-state index is 13.2. The monoisotopic (exact) mass is 425 g/mol. The number of nitrogens with one attached hydrogen (secondary N) is 1. The van der Waals surface area contributed by atoms with Crippen LogP contribution in [0.2, 0.25) is 0 Å². The second-order valence-electron chi connectivity index (χ2n) is 6.33. The quantitative estimate of drug-likeness (QED) is 0.638. The number of hydrogen-bond donors (Lipinski definition) is 1. The minimum absolute atomic E-state index is 0.190. The maximum atomic E-state index is 13.2. The SMILES string of the molecule is CCOC(=O)C1=C(C)N=c2s/c(=C\Nc3ccccc3)c(=O)n2[C@H]1c1cccs1. The van der Waals surface area contributed by atoms with Crippen molar-refractivity contribution >= 4 is 40.5 Å². The minimum Gasteiger partial charge on any atom is -0.463 e. The number of anilines is 1. The highest BCUT2D eigenvalue weighted by atomic mass is 32.1. The molecule has 1 aliphatic heterocycles. The lowest BCUT2D eigenvalue weighted by molar-refractivity contribution is -0.139. The molecule has 0 aliphatic carbocycles. The molecule has 0 unspecified atom stereocenters. The Morgan fingerprint density at radius 3 is 2.76 bits per heavy atom. The number of benzene rings is 1. The molecule has 0 amide bonds. The molecule has 0 bridgehead atoms. The summed E-state index contributed by atoms with van der Waals surface area (Å²) < 4.78 is 7.37. The van der Waals surface area contributed by atoms with Crippen LogP contribution in [0.25, 0.3) is 6.20 Å². The molecule has 1 atom stereocenters. The summed E-state index contributed by atoms with van der Waals surface area (Å²) in [5.41, 5.74) is 1.68. The average Bonchev–Trinajstić information content (AvgIpc) is 3.35. The Bertz CT molecular complexity index is 1240. The van der Waals surface area contributed by atoms with Crippen LogP contribution >= 0.6 is 22.7 Å². The van der Waals surface area contributed by atoms with Gasteiger partial charge in [-0.3, -0.25) is 9.36 Å². The maximum Gasteiger partial charge on any atom is 0.338 e. The standard InChI is InChI=1S/C21H19N3O3S2/c1-3-27-20(26)17-13(2)23-21-24(18(17)15-10-7-11-28-15)19(25)16(29-21)12-22-14-8-5-4-6-9-14/h4-12,18,22H,3H2,1-2H3/b16-12-/t18-/m0/s1. The first-order valence-corrected chi connectivity index (χ1v) is 10.8. The smallest absolute Gasteiger partial charge is 0.338 e. The third kappa shape index (κ3) is 3.68. The zero-order chi connectivity index (χ0) is 20.4. The normalized spacial score (nSPS) is 16.3. The zero-order valence-electron chi connectivity index (χ0n) is 15.9. The van der Waals surface area contributed by atoms with E-state index in [1.807, 2.05) is 47.8 Å². The summed E-state index contributed by atoms with van der Waals surface area (Å²) in [6, 6.07) is 12.9. The Labute approximate surface area is 175 Å². The van der Waals surface area contributed by atoms with Crippen molar-refractivity contribution < 1.29 is 9.53 Å². The molecule has 0 saturated carbocycles. The van der Waals surface area contributed by atoms with Crippen LogP contribution < -0.4 is 20.2 Å². The summed E-state index contributed by atoms with van der Waals surface area (Å²) in [6.07, 6.45) is 1.69. The van der Waals surface area contributed by atoms with Crippen LogP contribution in [0.5, 0.6) is 0 Å². The van der Waals surface area contributed by atoms with E-state index in [1.54, 1.807) is 24.6 Å². The molecule has 0 saturated heterocycles. The Kier molecular flexibility index (Phi) is 5.46. The Hall–Kier alpha value is -2.97. The van der Waals surface area contributed by atoms with Gasteiger partial charge >= 0.3 is 5.97 Å². The van der Waals surface area contributed by atoms with Crippen LogP contribution in [0.3, 0.4) is 0 Å². The van der Waals surface area contributed by atoms with Gasteiger partial charge in [-0.25, -0.2) is 9.79 Å². The molecule has 29 heavy (non-hydrogen) atoms. The summed E-state index contributed by atoms with van der Waals surface area (Å²) in [6.45, 7) is 3.81. The van der Waals surface area contributed by atoms with Crippen LogP contribution in [0.1, 0.15) is 24.8 Å². The number of hydrogen-bond acceptors (Lipinski definition) is 7. The zero-order valence-corrected chi connectivity index (χ0v) is 17.5. The lowest BCUT2D eigenvalue weighted by atomic mass is 10.0. The van der Waals surface area contributed by atoms with E-state index < -0.39 is 12.0 Å². The summed E-state index contributed by atoms with van der Waals surface area (Å²) >= 11 is 2.80. The van der Waals surface area contributed by atoms with Gasteiger partial charge in [-0.05, 0) is 37.4 Å². The van der Waals surface area contributed by atoms with Crippen molar-refractivity contribution in [2.24, 2.45) is 4.99 Å². The molecule has 6 nitrogen and oxygen atoms in total. The van der Waals surface area contributed by atoms with Crippen molar-refractivity contribution in [3.8, 4) is 0 Å². The van der Waals surface area contributed by atoms with Gasteiger partial charge < -0.3 is 10.1 Å². The van der Waals surface area contributed by atoms with Crippen molar-refractivity contribution in [1.82, 2.24) is 4.57 Å². The average molecular weight is 426 g/mol. The van der Waals surface area contributed by atoms with Crippen molar-refractivity contribution in [1.29, 1.82) is 0 Å². The van der Waals surface area contributed by atoms with Gasteiger partial charge in [-0.2, -0.15) is 0 Å². The van der Waals surface area contributed by atoms with Gasteiger partial charge in [0.05, 0.1) is 17.9 Å². The number of rotatable bonds is 5. The Morgan fingerprint density at radius 2 is 2.07 bits per heavy atom. The highest BCUT2D eigenvalue weighted by molar-refractivity contribution is 7.10. The lowest BCUT2D eigenvalue weighted by Crippen LogP contribution is -2.39. The van der Waals surface area contributed by atoms with Crippen molar-refractivity contribution in [3.63, 3.8) is 0 Å². The van der Waals surface area contributed by atoms with Crippen LogP contribution in [0.4, 0.5) is 5.69 Å². The van der Waals surface area contributed by atoms with E-state index in [1.165, 1.54) is 22.7 Å². The number of thiazole rings is 1. The molecule has 3 aromatic rings. The van der Waals surface area contributed by atoms with Gasteiger partial charge in [-0.1, -0.05) is 35.6 Å². The first kappa shape index (κ1) is 19.4. The number of allylic oxidation sites excluding steroid dienone is 1. The second-order valence-corrected chi connectivity index (χ2v) is 8.32. The van der Waals surface area contributed by atoms with Gasteiger partial charge in [0.1, 0.15) is 10.6 Å². The van der Waals surface area contributed by atoms with E-state index in [0.717, 1.165) is 10.6 Å². The second kappa shape index (κ2) is 8.18. The number of thiophene rings is 1. The van der Waals surface area contributed by atoms with Gasteiger partial charge in [0.2, 0.25) is 0 Å². The fourth-order valence-corrected chi connectivity index (χ4v) is 4.98. The molecule has 148 valence electrons. The van der Waals surface area contributed by atoms with E-state index in [-0.39, 0.29) is 12.2 Å². The van der Waals surface area contributed by atoms with E-state index in [9.17, 15) is 9.59 Å². The Morgan fingerprint density at radius 1 is 1.28 bits per heavy atom. The molecular formula is C21H19N3O3S2. The van der Waals surface area contributed by atoms with Gasteiger partial charge in [-0.15, -0.1) is 11.3 Å². The molecule has 3 heterocycles. The predicted octanol–water partition coefficient (Wildman–Crippen LogP) is 2.88.